The Balaban J connectivity index is 1.95. The number of nitrogens with one attached hydrogen (secondary N) is 1. The number of carbonyl (C=O) groups is 2. The summed E-state index contributed by atoms with van der Waals surface area (Å²) in [5.74, 6) is -1.03. The maximum absolute atomic E-state index is 12.4. The molecule has 1 saturated heterocycles. The number of urea groups is 1. The number of carboxylic acid groups (broad SMARTS) is 1. The molecule has 3 unspecified atom stereocenters. The van der Waals surface area contributed by atoms with Crippen LogP contribution in [0, 0.1) is 0 Å². The van der Waals surface area contributed by atoms with Gasteiger partial charge in [-0.05, 0) is 12.8 Å². The molecule has 2 N–H and O–H groups in total. The van der Waals surface area contributed by atoms with Crippen LogP contribution in [-0.2, 0) is 14.3 Å². The lowest BCUT2D eigenvalue weighted by Gasteiger charge is -2.43. The van der Waals surface area contributed by atoms with Gasteiger partial charge >= 0.3 is 12.0 Å². The number of methoxy groups -OCH3 is 1. The summed E-state index contributed by atoms with van der Waals surface area (Å²) in [6.07, 6.45) is 4.47. The minimum atomic E-state index is -1.03. The molecule has 1 aliphatic carbocycles. The summed E-state index contributed by atoms with van der Waals surface area (Å²) in [7, 11) is 1.51. The number of nitrogens with zero attached hydrogens (tertiary/aromatic N) is 1. The van der Waals surface area contributed by atoms with Gasteiger partial charge in [-0.15, -0.1) is 0 Å². The van der Waals surface area contributed by atoms with Gasteiger partial charge in [-0.2, -0.15) is 0 Å². The Bertz CT molecular complexity index is 374. The Morgan fingerprint density at radius 3 is 2.90 bits per heavy atom. The average Bonchev–Trinajstić information content (AvgIpc) is 2.50. The summed E-state index contributed by atoms with van der Waals surface area (Å²) in [6, 6.07) is -1.15. The molecule has 21 heavy (non-hydrogen) atoms. The predicted octanol–water partition coefficient (Wildman–Crippen LogP) is 0.829. The molecule has 7 nitrogen and oxygen atoms in total. The number of fused-ring (bicyclic) bond motifs is 1. The lowest BCUT2D eigenvalue weighted by atomic mass is 9.90. The fourth-order valence-electron chi connectivity index (χ4n) is 3.07. The number of carbonyl (C=O) groups excluding carboxylic acids is 1. The number of amides is 2. The second kappa shape index (κ2) is 7.61. The predicted molar refractivity (Wildman–Crippen MR) is 75.2 cm³/mol. The molecule has 0 aromatic rings. The van der Waals surface area contributed by atoms with Crippen LogP contribution in [0.4, 0.5) is 4.79 Å². The highest BCUT2D eigenvalue weighted by atomic mass is 16.5. The molecule has 0 bridgehead atoms. The number of morpholine rings is 1. The van der Waals surface area contributed by atoms with Crippen LogP contribution in [-0.4, -0.2) is 67.1 Å². The van der Waals surface area contributed by atoms with E-state index in [1.165, 1.54) is 7.11 Å². The van der Waals surface area contributed by atoms with Gasteiger partial charge in [-0.25, -0.2) is 9.59 Å². The summed E-state index contributed by atoms with van der Waals surface area (Å²) in [4.78, 5) is 25.3. The lowest BCUT2D eigenvalue weighted by molar-refractivity contribution is -0.139. The van der Waals surface area contributed by atoms with E-state index in [4.69, 9.17) is 14.6 Å². The highest BCUT2D eigenvalue weighted by Crippen LogP contribution is 2.28. The molecular formula is C14H24N2O5. The van der Waals surface area contributed by atoms with Gasteiger partial charge in [0.05, 0.1) is 18.8 Å². The van der Waals surface area contributed by atoms with Crippen molar-refractivity contribution >= 4 is 12.0 Å². The minimum Gasteiger partial charge on any atom is -0.480 e. The molecule has 7 heteroatoms. The van der Waals surface area contributed by atoms with Crippen molar-refractivity contribution in [1.29, 1.82) is 0 Å². The Hall–Kier alpha value is -1.34. The first-order valence-corrected chi connectivity index (χ1v) is 7.54. The summed E-state index contributed by atoms with van der Waals surface area (Å²) in [5.41, 5.74) is 0. The smallest absolute Gasteiger partial charge is 0.326 e. The Labute approximate surface area is 124 Å². The van der Waals surface area contributed by atoms with Crippen LogP contribution in [0.2, 0.25) is 0 Å². The van der Waals surface area contributed by atoms with E-state index in [0.717, 1.165) is 25.7 Å². The molecule has 2 fully saturated rings. The Morgan fingerprint density at radius 1 is 1.43 bits per heavy atom. The molecule has 120 valence electrons. The summed E-state index contributed by atoms with van der Waals surface area (Å²) < 4.78 is 10.6. The molecule has 2 aliphatic rings. The molecule has 0 aromatic heterocycles. The Morgan fingerprint density at radius 2 is 2.19 bits per heavy atom. The largest absolute Gasteiger partial charge is 0.480 e. The van der Waals surface area contributed by atoms with Crippen molar-refractivity contribution in [2.45, 2.75) is 50.3 Å². The van der Waals surface area contributed by atoms with Crippen LogP contribution in [0.3, 0.4) is 0 Å². The maximum atomic E-state index is 12.4. The van der Waals surface area contributed by atoms with Crippen LogP contribution in [0.25, 0.3) is 0 Å². The van der Waals surface area contributed by atoms with Crippen LogP contribution < -0.4 is 5.32 Å². The molecule has 2 rings (SSSR count). The quantitative estimate of drug-likeness (QED) is 0.785. The van der Waals surface area contributed by atoms with Gasteiger partial charge in [0.25, 0.3) is 0 Å². The van der Waals surface area contributed by atoms with Crippen molar-refractivity contribution in [3.05, 3.63) is 0 Å². The second-order valence-electron chi connectivity index (χ2n) is 5.58. The van der Waals surface area contributed by atoms with Gasteiger partial charge in [-0.1, -0.05) is 12.8 Å². The molecular weight excluding hydrogens is 276 g/mol. The highest BCUT2D eigenvalue weighted by Gasteiger charge is 2.37. The van der Waals surface area contributed by atoms with E-state index in [0.29, 0.717) is 19.8 Å². The number of aliphatic carboxylic acids is 1. The number of hydrogen-bond acceptors (Lipinski definition) is 4. The minimum absolute atomic E-state index is 0.0735. The van der Waals surface area contributed by atoms with Crippen LogP contribution >= 0.6 is 0 Å². The summed E-state index contributed by atoms with van der Waals surface area (Å²) in [6.45, 7) is 1.33. The zero-order chi connectivity index (χ0) is 15.2. The van der Waals surface area contributed by atoms with E-state index in [2.05, 4.69) is 5.32 Å². The Kier molecular flexibility index (Phi) is 5.81. The zero-order valence-electron chi connectivity index (χ0n) is 12.4. The first kappa shape index (κ1) is 16.0. The van der Waals surface area contributed by atoms with E-state index < -0.39 is 12.0 Å². The van der Waals surface area contributed by atoms with Crippen LogP contribution in [0.5, 0.6) is 0 Å². The van der Waals surface area contributed by atoms with Crippen LogP contribution in [0.15, 0.2) is 0 Å². The molecule has 0 aromatic carbocycles. The molecule has 1 saturated carbocycles. The third-order valence-electron chi connectivity index (χ3n) is 4.20. The van der Waals surface area contributed by atoms with Crippen molar-refractivity contribution < 1.29 is 24.2 Å². The molecule has 1 aliphatic heterocycles. The van der Waals surface area contributed by atoms with Crippen molar-refractivity contribution in [3.8, 4) is 0 Å². The second-order valence-corrected chi connectivity index (χ2v) is 5.58. The molecule has 3 atom stereocenters. The van der Waals surface area contributed by atoms with Crippen molar-refractivity contribution in [3.63, 3.8) is 0 Å². The van der Waals surface area contributed by atoms with Crippen molar-refractivity contribution in [2.24, 2.45) is 0 Å². The molecule has 2 amide bonds. The number of carboxylic acids is 1. The lowest BCUT2D eigenvalue weighted by Crippen LogP contribution is -2.59. The molecule has 0 radical (unpaired) electrons. The first-order valence-electron chi connectivity index (χ1n) is 7.54. The van der Waals surface area contributed by atoms with E-state index in [1.54, 1.807) is 4.90 Å². The van der Waals surface area contributed by atoms with E-state index in [9.17, 15) is 9.59 Å². The standard InChI is InChI=1S/C14H24N2O5/c1-20-8-6-10(13(17)18)15-14(19)16-7-9-21-12-5-3-2-4-11(12)16/h10-12H,2-9H2,1H3,(H,15,19)(H,17,18). The van der Waals surface area contributed by atoms with Gasteiger partial charge in [-0.3, -0.25) is 0 Å². The summed E-state index contributed by atoms with van der Waals surface area (Å²) in [5, 5.41) is 11.8. The first-order chi connectivity index (χ1) is 10.1. The highest BCUT2D eigenvalue weighted by molar-refractivity contribution is 5.82. The SMILES string of the molecule is COCCC(NC(=O)N1CCOC2CCCCC21)C(=O)O. The third kappa shape index (κ3) is 4.07. The summed E-state index contributed by atoms with van der Waals surface area (Å²) >= 11 is 0. The number of rotatable bonds is 5. The fraction of sp³-hybridized carbons (Fsp3) is 0.857. The van der Waals surface area contributed by atoms with Gasteiger partial charge < -0.3 is 24.8 Å². The van der Waals surface area contributed by atoms with Crippen molar-refractivity contribution in [1.82, 2.24) is 10.2 Å². The maximum Gasteiger partial charge on any atom is 0.326 e. The van der Waals surface area contributed by atoms with E-state index in [1.807, 2.05) is 0 Å². The molecule has 1 heterocycles. The third-order valence-corrected chi connectivity index (χ3v) is 4.20. The van der Waals surface area contributed by atoms with Crippen LogP contribution in [0.1, 0.15) is 32.1 Å². The normalized spacial score (nSPS) is 26.8. The molecule has 0 spiro atoms. The van der Waals surface area contributed by atoms with Gasteiger partial charge in [0, 0.05) is 26.7 Å². The number of ether oxygens (including phenoxy) is 2. The number of hydrogen-bond donors (Lipinski definition) is 2. The van der Waals surface area contributed by atoms with E-state index >= 15 is 0 Å². The topological polar surface area (TPSA) is 88.1 Å². The van der Waals surface area contributed by atoms with Crippen molar-refractivity contribution in [2.75, 3.05) is 26.9 Å². The van der Waals surface area contributed by atoms with Gasteiger partial charge in [0.15, 0.2) is 0 Å². The van der Waals surface area contributed by atoms with Gasteiger partial charge in [0.2, 0.25) is 0 Å². The average molecular weight is 300 g/mol. The zero-order valence-corrected chi connectivity index (χ0v) is 12.4. The van der Waals surface area contributed by atoms with Gasteiger partial charge in [0.1, 0.15) is 6.04 Å². The monoisotopic (exact) mass is 300 g/mol. The van der Waals surface area contributed by atoms with E-state index in [-0.39, 0.29) is 24.6 Å². The fourth-order valence-corrected chi connectivity index (χ4v) is 3.07.